The minimum absolute atomic E-state index is 0.0384. The fourth-order valence-electron chi connectivity index (χ4n) is 5.44. The number of pyridine rings is 2. The summed E-state index contributed by atoms with van der Waals surface area (Å²) in [5.74, 6) is 1.42. The molecule has 0 spiro atoms. The lowest BCUT2D eigenvalue weighted by Gasteiger charge is -2.25. The summed E-state index contributed by atoms with van der Waals surface area (Å²) in [6, 6.07) is 6.97. The summed E-state index contributed by atoms with van der Waals surface area (Å²) in [7, 11) is 1.54. The van der Waals surface area contributed by atoms with Gasteiger partial charge in [0.15, 0.2) is 11.6 Å². The highest BCUT2D eigenvalue weighted by atomic mass is 16.5. The maximum absolute atomic E-state index is 13.0. The summed E-state index contributed by atoms with van der Waals surface area (Å²) in [6.07, 6.45) is 18.2. The van der Waals surface area contributed by atoms with Crippen LogP contribution in [0.1, 0.15) is 47.4 Å². The van der Waals surface area contributed by atoms with Crippen LogP contribution < -0.4 is 37.3 Å². The zero-order chi connectivity index (χ0) is 33.3. The van der Waals surface area contributed by atoms with Gasteiger partial charge in [-0.3, -0.25) is 14.6 Å². The van der Waals surface area contributed by atoms with E-state index >= 15 is 0 Å². The van der Waals surface area contributed by atoms with E-state index < -0.39 is 11.5 Å². The monoisotopic (exact) mass is 650 g/mol. The number of hydrogen-bond donors (Lipinski definition) is 5. The SMILES string of the molecule is COc1c(NC2CCCNC2)nc(/C=C/CNC(=O)c2cccn(Cc3cccnc3)c2=O)nc1-n1nc(NC2=CC=CCC2)nc1N. The topological polar surface area (TPSA) is 192 Å². The first-order valence-corrected chi connectivity index (χ1v) is 15.8. The van der Waals surface area contributed by atoms with Gasteiger partial charge in [-0.15, -0.1) is 5.10 Å². The Balaban J connectivity index is 1.22. The summed E-state index contributed by atoms with van der Waals surface area (Å²) in [6.45, 7) is 2.16. The fourth-order valence-corrected chi connectivity index (χ4v) is 5.44. The molecule has 4 aromatic heterocycles. The molecule has 5 heterocycles. The third kappa shape index (κ3) is 7.75. The summed E-state index contributed by atoms with van der Waals surface area (Å²) < 4.78 is 8.69. The first-order chi connectivity index (χ1) is 23.5. The summed E-state index contributed by atoms with van der Waals surface area (Å²) in [5.41, 5.74) is 7.81. The minimum atomic E-state index is -0.493. The van der Waals surface area contributed by atoms with Crippen LogP contribution in [0.3, 0.4) is 0 Å². The molecule has 6 rings (SSSR count). The van der Waals surface area contributed by atoms with Crippen molar-refractivity contribution < 1.29 is 9.53 Å². The number of anilines is 3. The molecule has 0 bridgehead atoms. The lowest BCUT2D eigenvalue weighted by molar-refractivity contribution is 0.0956. The van der Waals surface area contributed by atoms with Crippen LogP contribution in [0.15, 0.2) is 77.7 Å². The van der Waals surface area contributed by atoms with E-state index in [1.165, 1.54) is 22.4 Å². The van der Waals surface area contributed by atoms with Crippen molar-refractivity contribution in [2.75, 3.05) is 43.1 Å². The van der Waals surface area contributed by atoms with Crippen LogP contribution in [-0.2, 0) is 6.54 Å². The number of amides is 1. The first kappa shape index (κ1) is 32.1. The molecule has 0 saturated carbocycles. The van der Waals surface area contributed by atoms with Crippen LogP contribution >= 0.6 is 0 Å². The lowest BCUT2D eigenvalue weighted by atomic mass is 10.1. The van der Waals surface area contributed by atoms with Crippen molar-refractivity contribution >= 4 is 29.7 Å². The molecular weight excluding hydrogens is 612 g/mol. The van der Waals surface area contributed by atoms with Crippen LogP contribution in [0.2, 0.25) is 0 Å². The highest BCUT2D eigenvalue weighted by Gasteiger charge is 2.23. The number of ether oxygens (including phenoxy) is 1. The predicted molar refractivity (Wildman–Crippen MR) is 183 cm³/mol. The molecule has 0 radical (unpaired) electrons. The van der Waals surface area contributed by atoms with E-state index in [0.717, 1.165) is 50.0 Å². The Bertz CT molecular complexity index is 1890. The van der Waals surface area contributed by atoms with Gasteiger partial charge >= 0.3 is 0 Å². The van der Waals surface area contributed by atoms with Crippen molar-refractivity contribution in [1.29, 1.82) is 0 Å². The van der Waals surface area contributed by atoms with E-state index in [1.54, 1.807) is 42.9 Å². The third-order valence-corrected chi connectivity index (χ3v) is 7.81. The van der Waals surface area contributed by atoms with Gasteiger partial charge in [-0.05, 0) is 68.1 Å². The molecule has 2 aliphatic rings. The molecular formula is C33H38N12O3. The van der Waals surface area contributed by atoms with Gasteiger partial charge in [0.1, 0.15) is 5.56 Å². The number of nitrogens with two attached hydrogens (primary N) is 1. The normalized spacial score (nSPS) is 16.0. The fraction of sp³-hybridized carbons (Fsp3) is 0.303. The van der Waals surface area contributed by atoms with Gasteiger partial charge in [-0.1, -0.05) is 24.3 Å². The quantitative estimate of drug-likeness (QED) is 0.151. The second-order valence-electron chi connectivity index (χ2n) is 11.3. The Morgan fingerprint density at radius 3 is 2.92 bits per heavy atom. The molecule has 4 aromatic rings. The lowest BCUT2D eigenvalue weighted by Crippen LogP contribution is -2.38. The van der Waals surface area contributed by atoms with Gasteiger partial charge < -0.3 is 36.3 Å². The van der Waals surface area contributed by atoms with Crippen LogP contribution in [-0.4, -0.2) is 73.0 Å². The first-order valence-electron chi connectivity index (χ1n) is 15.8. The molecule has 48 heavy (non-hydrogen) atoms. The molecule has 248 valence electrons. The van der Waals surface area contributed by atoms with Crippen molar-refractivity contribution in [1.82, 2.24) is 44.9 Å². The minimum Gasteiger partial charge on any atom is -0.490 e. The Labute approximate surface area is 277 Å². The van der Waals surface area contributed by atoms with Crippen LogP contribution in [0, 0.1) is 0 Å². The molecule has 1 atom stereocenters. The highest BCUT2D eigenvalue weighted by Crippen LogP contribution is 2.31. The van der Waals surface area contributed by atoms with Gasteiger partial charge in [-0.25, -0.2) is 9.97 Å². The van der Waals surface area contributed by atoms with Crippen LogP contribution in [0.4, 0.5) is 17.7 Å². The Morgan fingerprint density at radius 1 is 1.23 bits per heavy atom. The number of methoxy groups -OCH3 is 1. The van der Waals surface area contributed by atoms with Crippen molar-refractivity contribution in [2.24, 2.45) is 0 Å². The van der Waals surface area contributed by atoms with Crippen molar-refractivity contribution in [3.63, 3.8) is 0 Å². The largest absolute Gasteiger partial charge is 0.490 e. The number of allylic oxidation sites excluding steroid dienone is 4. The van der Waals surface area contributed by atoms with E-state index in [0.29, 0.717) is 35.7 Å². The zero-order valence-electron chi connectivity index (χ0n) is 26.6. The van der Waals surface area contributed by atoms with Gasteiger partial charge in [0.2, 0.25) is 23.5 Å². The molecule has 1 amide bonds. The number of nitrogen functional groups attached to an aromatic ring is 1. The summed E-state index contributed by atoms with van der Waals surface area (Å²) in [4.78, 5) is 43.9. The van der Waals surface area contributed by atoms with E-state index in [-0.39, 0.29) is 24.1 Å². The Kier molecular flexibility index (Phi) is 10.2. The Hall–Kier alpha value is -5.83. The van der Waals surface area contributed by atoms with Crippen LogP contribution in [0.5, 0.6) is 5.75 Å². The van der Waals surface area contributed by atoms with E-state index in [2.05, 4.69) is 42.4 Å². The summed E-state index contributed by atoms with van der Waals surface area (Å²) in [5, 5.41) is 17.5. The predicted octanol–water partition coefficient (Wildman–Crippen LogP) is 2.51. The molecule has 1 aliphatic carbocycles. The molecule has 1 aliphatic heterocycles. The molecule has 1 fully saturated rings. The number of piperidine rings is 1. The van der Waals surface area contributed by atoms with Crippen molar-refractivity contribution in [3.05, 3.63) is 100 Å². The molecule has 6 N–H and O–H groups in total. The van der Waals surface area contributed by atoms with Crippen LogP contribution in [0.25, 0.3) is 11.9 Å². The standard InChI is InChI=1S/C33H38N12O3/c1-48-27-28(38-24-12-6-16-36-20-24)40-26(41-29(27)45-32(34)42-33(43-45)39-23-10-3-2-4-11-23)14-7-17-37-30(46)25-13-8-18-44(31(25)47)21-22-9-5-15-35-19-22/h2-3,5,7-10,13-15,18-19,24,36H,4,6,11-12,16-17,20-21H2,1H3,(H,37,46)(H,38,40,41)(H3,34,39,42,43)/b14-7+. The van der Waals surface area contributed by atoms with E-state index in [4.69, 9.17) is 20.4 Å². The maximum Gasteiger partial charge on any atom is 0.263 e. The number of carbonyl (C=O) groups is 1. The Morgan fingerprint density at radius 2 is 2.15 bits per heavy atom. The number of aromatic nitrogens is 7. The smallest absolute Gasteiger partial charge is 0.263 e. The highest BCUT2D eigenvalue weighted by molar-refractivity contribution is 5.93. The number of nitrogens with one attached hydrogen (secondary N) is 4. The van der Waals surface area contributed by atoms with E-state index in [9.17, 15) is 9.59 Å². The zero-order valence-corrected chi connectivity index (χ0v) is 26.6. The maximum atomic E-state index is 13.0. The average Bonchev–Trinajstić information content (AvgIpc) is 3.47. The third-order valence-electron chi connectivity index (χ3n) is 7.81. The number of nitrogens with zero attached hydrogens (tertiary/aromatic N) is 7. The second-order valence-corrected chi connectivity index (χ2v) is 11.3. The van der Waals surface area contributed by atoms with E-state index in [1.807, 2.05) is 18.2 Å². The number of carbonyl (C=O) groups excluding carboxylic acids is 1. The molecule has 1 saturated heterocycles. The molecule has 1 unspecified atom stereocenters. The van der Waals surface area contributed by atoms with Gasteiger partial charge in [0.05, 0.1) is 13.7 Å². The number of rotatable bonds is 12. The molecule has 15 nitrogen and oxygen atoms in total. The second kappa shape index (κ2) is 15.2. The number of hydrogen-bond acceptors (Lipinski definition) is 12. The van der Waals surface area contributed by atoms with Crippen molar-refractivity contribution in [3.8, 4) is 11.6 Å². The molecule has 15 heteroatoms. The van der Waals surface area contributed by atoms with Crippen molar-refractivity contribution in [2.45, 2.75) is 38.3 Å². The van der Waals surface area contributed by atoms with Gasteiger partial charge in [0, 0.05) is 43.4 Å². The van der Waals surface area contributed by atoms with Gasteiger partial charge in [-0.2, -0.15) is 9.67 Å². The van der Waals surface area contributed by atoms with Gasteiger partial charge in [0.25, 0.3) is 11.5 Å². The molecule has 0 aromatic carbocycles. The summed E-state index contributed by atoms with van der Waals surface area (Å²) >= 11 is 0. The average molecular weight is 651 g/mol.